The lowest BCUT2D eigenvalue weighted by Gasteiger charge is -2.16. The molecule has 1 heterocycles. The van der Waals surface area contributed by atoms with E-state index in [1.54, 1.807) is 19.1 Å². The van der Waals surface area contributed by atoms with Crippen LogP contribution in [0, 0.1) is 6.92 Å². The van der Waals surface area contributed by atoms with Crippen LogP contribution in [0.5, 0.6) is 17.2 Å². The van der Waals surface area contributed by atoms with Gasteiger partial charge in [-0.25, -0.2) is 9.78 Å². The number of amides is 1. The molecule has 1 amide bonds. The van der Waals surface area contributed by atoms with Gasteiger partial charge in [-0.15, -0.1) is 0 Å². The lowest BCUT2D eigenvalue weighted by molar-refractivity contribution is 0.0605. The van der Waals surface area contributed by atoms with Gasteiger partial charge in [-0.2, -0.15) is 0 Å². The summed E-state index contributed by atoms with van der Waals surface area (Å²) in [5.41, 5.74) is 0.812. The SMILES string of the molecule is CCOc1cc(C(=O)Nc2nc(C)c(C(=O)OC)s2)cc(OCC)c1OCC. The van der Waals surface area contributed by atoms with Crippen LogP contribution in [0.25, 0.3) is 0 Å². The van der Waals surface area contributed by atoms with Gasteiger partial charge in [-0.05, 0) is 39.8 Å². The lowest BCUT2D eigenvalue weighted by atomic mass is 10.1. The van der Waals surface area contributed by atoms with Gasteiger partial charge in [0.2, 0.25) is 5.75 Å². The molecule has 9 heteroatoms. The molecule has 0 atom stereocenters. The second-order valence-electron chi connectivity index (χ2n) is 5.48. The Labute approximate surface area is 167 Å². The van der Waals surface area contributed by atoms with Crippen molar-refractivity contribution in [3.8, 4) is 17.2 Å². The van der Waals surface area contributed by atoms with E-state index < -0.39 is 11.9 Å². The molecule has 0 saturated carbocycles. The fourth-order valence-corrected chi connectivity index (χ4v) is 3.30. The first kappa shape index (κ1) is 21.5. The summed E-state index contributed by atoms with van der Waals surface area (Å²) >= 11 is 1.05. The van der Waals surface area contributed by atoms with Gasteiger partial charge in [0.1, 0.15) is 4.88 Å². The van der Waals surface area contributed by atoms with Crippen molar-refractivity contribution < 1.29 is 28.5 Å². The summed E-state index contributed by atoms with van der Waals surface area (Å²) in [7, 11) is 1.30. The number of benzene rings is 1. The van der Waals surface area contributed by atoms with Gasteiger partial charge in [-0.3, -0.25) is 10.1 Å². The van der Waals surface area contributed by atoms with Gasteiger partial charge in [0.25, 0.3) is 5.91 Å². The minimum atomic E-state index is -0.492. The summed E-state index contributed by atoms with van der Waals surface area (Å²) < 4.78 is 21.6. The zero-order valence-corrected chi connectivity index (χ0v) is 17.4. The summed E-state index contributed by atoms with van der Waals surface area (Å²) in [6.45, 7) is 8.46. The number of carbonyl (C=O) groups is 2. The number of hydrogen-bond acceptors (Lipinski definition) is 8. The molecule has 8 nitrogen and oxygen atoms in total. The summed E-state index contributed by atoms with van der Waals surface area (Å²) in [5, 5.41) is 3.00. The number of carbonyl (C=O) groups excluding carboxylic acids is 2. The number of nitrogens with zero attached hydrogens (tertiary/aromatic N) is 1. The highest BCUT2D eigenvalue weighted by Gasteiger charge is 2.21. The van der Waals surface area contributed by atoms with E-state index >= 15 is 0 Å². The zero-order valence-electron chi connectivity index (χ0n) is 16.6. The van der Waals surface area contributed by atoms with E-state index in [4.69, 9.17) is 18.9 Å². The quantitative estimate of drug-likeness (QED) is 0.632. The lowest BCUT2D eigenvalue weighted by Crippen LogP contribution is -2.13. The van der Waals surface area contributed by atoms with Crippen LogP contribution in [0.2, 0.25) is 0 Å². The van der Waals surface area contributed by atoms with Gasteiger partial charge in [0.15, 0.2) is 16.6 Å². The minimum absolute atomic E-state index is 0.299. The Hall–Kier alpha value is -2.81. The summed E-state index contributed by atoms with van der Waals surface area (Å²) in [4.78, 5) is 29.0. The fraction of sp³-hybridized carbons (Fsp3) is 0.421. The van der Waals surface area contributed by atoms with Crippen molar-refractivity contribution in [2.24, 2.45) is 0 Å². The third-order valence-electron chi connectivity index (χ3n) is 3.56. The van der Waals surface area contributed by atoms with Crippen LogP contribution in [0.15, 0.2) is 12.1 Å². The maximum atomic E-state index is 12.7. The van der Waals surface area contributed by atoms with Gasteiger partial charge in [0, 0.05) is 5.56 Å². The van der Waals surface area contributed by atoms with E-state index in [1.807, 2.05) is 20.8 Å². The second-order valence-corrected chi connectivity index (χ2v) is 6.48. The molecule has 152 valence electrons. The smallest absolute Gasteiger partial charge is 0.350 e. The van der Waals surface area contributed by atoms with Crippen molar-refractivity contribution in [2.45, 2.75) is 27.7 Å². The highest BCUT2D eigenvalue weighted by atomic mass is 32.1. The van der Waals surface area contributed by atoms with Crippen LogP contribution in [0.1, 0.15) is 46.5 Å². The maximum absolute atomic E-state index is 12.7. The Morgan fingerprint density at radius 2 is 1.61 bits per heavy atom. The molecule has 1 aromatic carbocycles. The number of anilines is 1. The molecule has 0 unspecified atom stereocenters. The number of aromatic nitrogens is 1. The van der Waals surface area contributed by atoms with Crippen molar-refractivity contribution in [3.63, 3.8) is 0 Å². The molecule has 0 fully saturated rings. The highest BCUT2D eigenvalue weighted by Crippen LogP contribution is 2.39. The van der Waals surface area contributed by atoms with Crippen molar-refractivity contribution >= 4 is 28.3 Å². The normalized spacial score (nSPS) is 10.3. The average molecular weight is 408 g/mol. The molecule has 0 bridgehead atoms. The van der Waals surface area contributed by atoms with Crippen molar-refractivity contribution in [3.05, 3.63) is 28.3 Å². The second kappa shape index (κ2) is 9.93. The molecule has 1 aromatic heterocycles. The van der Waals surface area contributed by atoms with Crippen molar-refractivity contribution in [2.75, 3.05) is 32.2 Å². The summed E-state index contributed by atoms with van der Waals surface area (Å²) in [6, 6.07) is 3.18. The Morgan fingerprint density at radius 3 is 2.11 bits per heavy atom. The molecule has 0 aliphatic heterocycles. The molecule has 1 N–H and O–H groups in total. The number of esters is 1. The predicted octanol–water partition coefficient (Wildman–Crippen LogP) is 3.69. The largest absolute Gasteiger partial charge is 0.490 e. The van der Waals surface area contributed by atoms with E-state index in [1.165, 1.54) is 7.11 Å². The Kier molecular flexibility index (Phi) is 7.62. The van der Waals surface area contributed by atoms with E-state index in [0.29, 0.717) is 58.3 Å². The van der Waals surface area contributed by atoms with Crippen molar-refractivity contribution in [1.29, 1.82) is 0 Å². The van der Waals surface area contributed by atoms with Gasteiger partial charge < -0.3 is 18.9 Å². The first-order valence-corrected chi connectivity index (χ1v) is 9.70. The summed E-state index contributed by atoms with van der Waals surface area (Å²) in [5.74, 6) is 0.404. The predicted molar refractivity (Wildman–Crippen MR) is 106 cm³/mol. The van der Waals surface area contributed by atoms with E-state index in [-0.39, 0.29) is 0 Å². The van der Waals surface area contributed by atoms with Gasteiger partial charge in [0.05, 0.1) is 32.6 Å². The number of thiazole rings is 1. The number of ether oxygens (including phenoxy) is 4. The van der Waals surface area contributed by atoms with Crippen LogP contribution in [0.4, 0.5) is 5.13 Å². The standard InChI is InChI=1S/C19H24N2O6S/c1-6-25-13-9-12(10-14(26-7-2)15(13)27-8-3)17(22)21-19-20-11(4)16(28-19)18(23)24-5/h9-10H,6-8H2,1-5H3,(H,20,21,22). The molecule has 2 aromatic rings. The topological polar surface area (TPSA) is 96.0 Å². The first-order chi connectivity index (χ1) is 13.4. The first-order valence-electron chi connectivity index (χ1n) is 8.88. The molecule has 2 rings (SSSR count). The number of rotatable bonds is 9. The Bertz CT molecular complexity index is 822. The molecular formula is C19H24N2O6S. The van der Waals surface area contributed by atoms with Gasteiger partial charge >= 0.3 is 5.97 Å². The number of methoxy groups -OCH3 is 1. The van der Waals surface area contributed by atoms with Crippen LogP contribution < -0.4 is 19.5 Å². The molecule has 0 aliphatic carbocycles. The van der Waals surface area contributed by atoms with E-state index in [0.717, 1.165) is 11.3 Å². The molecule has 28 heavy (non-hydrogen) atoms. The Balaban J connectivity index is 2.35. The van der Waals surface area contributed by atoms with E-state index in [2.05, 4.69) is 10.3 Å². The number of aryl methyl sites for hydroxylation is 1. The number of nitrogens with one attached hydrogen (secondary N) is 1. The third-order valence-corrected chi connectivity index (χ3v) is 4.61. The van der Waals surface area contributed by atoms with Crippen LogP contribution >= 0.6 is 11.3 Å². The minimum Gasteiger partial charge on any atom is -0.490 e. The zero-order chi connectivity index (χ0) is 20.7. The van der Waals surface area contributed by atoms with Crippen LogP contribution in [-0.2, 0) is 4.74 Å². The fourth-order valence-electron chi connectivity index (χ4n) is 2.42. The number of hydrogen-bond donors (Lipinski definition) is 1. The Morgan fingerprint density at radius 1 is 1.04 bits per heavy atom. The van der Waals surface area contributed by atoms with Crippen molar-refractivity contribution in [1.82, 2.24) is 4.98 Å². The molecule has 0 aliphatic rings. The van der Waals surface area contributed by atoms with Crippen LogP contribution in [-0.4, -0.2) is 43.8 Å². The maximum Gasteiger partial charge on any atom is 0.350 e. The monoisotopic (exact) mass is 408 g/mol. The molecule has 0 radical (unpaired) electrons. The van der Waals surface area contributed by atoms with Crippen LogP contribution in [0.3, 0.4) is 0 Å². The molecular weight excluding hydrogens is 384 g/mol. The average Bonchev–Trinajstić information content (AvgIpc) is 3.03. The molecule has 0 spiro atoms. The third kappa shape index (κ3) is 4.92. The summed E-state index contributed by atoms with van der Waals surface area (Å²) in [6.07, 6.45) is 0. The highest BCUT2D eigenvalue weighted by molar-refractivity contribution is 7.17. The van der Waals surface area contributed by atoms with E-state index in [9.17, 15) is 9.59 Å². The molecule has 0 saturated heterocycles. The van der Waals surface area contributed by atoms with Gasteiger partial charge in [-0.1, -0.05) is 11.3 Å².